The van der Waals surface area contributed by atoms with Crippen molar-refractivity contribution in [3.05, 3.63) is 36.9 Å². The fourth-order valence-electron chi connectivity index (χ4n) is 2.19. The normalized spacial score (nSPS) is 16.2. The molecule has 6 heteroatoms. The maximum Gasteiger partial charge on any atom is 0.241 e. The summed E-state index contributed by atoms with van der Waals surface area (Å²) in [4.78, 5) is 11.8. The fraction of sp³-hybridized carbons (Fsp3) is 0.462. The molecule has 0 unspecified atom stereocenters. The Hall–Kier alpha value is -2.11. The van der Waals surface area contributed by atoms with Crippen LogP contribution in [-0.2, 0) is 17.9 Å². The molecule has 2 aromatic rings. The molecular weight excluding hydrogens is 242 g/mol. The predicted octanol–water partition coefficient (Wildman–Crippen LogP) is 0.676. The van der Waals surface area contributed by atoms with Gasteiger partial charge in [-0.1, -0.05) is 0 Å². The van der Waals surface area contributed by atoms with Gasteiger partial charge in [-0.05, 0) is 25.0 Å². The lowest BCUT2D eigenvalue weighted by atomic mass is 10.1. The van der Waals surface area contributed by atoms with E-state index < -0.39 is 0 Å². The summed E-state index contributed by atoms with van der Waals surface area (Å²) in [6.45, 7) is 1.87. The average Bonchev–Trinajstić information content (AvgIpc) is 2.84. The van der Waals surface area contributed by atoms with Gasteiger partial charge in [-0.15, -0.1) is 0 Å². The van der Waals surface area contributed by atoms with E-state index in [1.165, 1.54) is 0 Å². The summed E-state index contributed by atoms with van der Waals surface area (Å²) in [5.74, 6) is 0.00967. The minimum atomic E-state index is 0.00967. The predicted molar refractivity (Wildman–Crippen MR) is 69.1 cm³/mol. The molecule has 0 radical (unpaired) electrons. The Kier molecular flexibility index (Phi) is 3.06. The second-order valence-electron chi connectivity index (χ2n) is 5.18. The summed E-state index contributed by atoms with van der Waals surface area (Å²) < 4.78 is 3.56. The summed E-state index contributed by atoms with van der Waals surface area (Å²) in [7, 11) is 0. The number of carbonyl (C=O) groups is 1. The molecule has 1 aliphatic carbocycles. The van der Waals surface area contributed by atoms with E-state index in [1.807, 2.05) is 23.0 Å². The topological polar surface area (TPSA) is 64.7 Å². The number of carbonyl (C=O) groups excluding carboxylic acids is 1. The summed E-state index contributed by atoms with van der Waals surface area (Å²) in [6.07, 6.45) is 9.51. The van der Waals surface area contributed by atoms with E-state index in [0.29, 0.717) is 6.54 Å². The van der Waals surface area contributed by atoms with Gasteiger partial charge in [0.2, 0.25) is 5.91 Å². The molecule has 1 N–H and O–H groups in total. The van der Waals surface area contributed by atoms with Crippen molar-refractivity contribution < 1.29 is 4.79 Å². The van der Waals surface area contributed by atoms with E-state index in [1.54, 1.807) is 23.3 Å². The van der Waals surface area contributed by atoms with Crippen LogP contribution in [0.25, 0.3) is 0 Å². The fourth-order valence-corrected chi connectivity index (χ4v) is 2.19. The molecule has 0 spiro atoms. The minimum absolute atomic E-state index is 0.00967. The van der Waals surface area contributed by atoms with Crippen LogP contribution in [0, 0.1) is 5.41 Å². The number of rotatable bonds is 6. The van der Waals surface area contributed by atoms with Crippen LogP contribution in [0.4, 0.5) is 0 Å². The molecule has 1 aliphatic rings. The molecule has 2 heterocycles. The molecule has 0 atom stereocenters. The Labute approximate surface area is 111 Å². The van der Waals surface area contributed by atoms with Crippen LogP contribution >= 0.6 is 0 Å². The van der Waals surface area contributed by atoms with Crippen LogP contribution in [-0.4, -0.2) is 32.0 Å². The van der Waals surface area contributed by atoms with E-state index in [-0.39, 0.29) is 17.9 Å². The van der Waals surface area contributed by atoms with Crippen LogP contribution < -0.4 is 5.32 Å². The van der Waals surface area contributed by atoms with Crippen molar-refractivity contribution in [3.63, 3.8) is 0 Å². The van der Waals surface area contributed by atoms with E-state index in [0.717, 1.165) is 19.4 Å². The van der Waals surface area contributed by atoms with Gasteiger partial charge in [-0.3, -0.25) is 14.2 Å². The van der Waals surface area contributed by atoms with E-state index in [4.69, 9.17) is 0 Å². The highest BCUT2D eigenvalue weighted by molar-refractivity contribution is 5.75. The highest BCUT2D eigenvalue weighted by Gasteiger charge is 2.43. The zero-order chi connectivity index (χ0) is 13.1. The monoisotopic (exact) mass is 259 g/mol. The number of hydrogen-bond donors (Lipinski definition) is 1. The highest BCUT2D eigenvalue weighted by atomic mass is 16.2. The van der Waals surface area contributed by atoms with Crippen molar-refractivity contribution >= 4 is 5.91 Å². The lowest BCUT2D eigenvalue weighted by Crippen LogP contribution is -2.34. The van der Waals surface area contributed by atoms with Crippen LogP contribution in [0.2, 0.25) is 0 Å². The zero-order valence-electron chi connectivity index (χ0n) is 10.7. The molecule has 0 bridgehead atoms. The second kappa shape index (κ2) is 4.87. The first-order chi connectivity index (χ1) is 9.26. The molecule has 3 rings (SSSR count). The molecule has 1 amide bonds. The quantitative estimate of drug-likeness (QED) is 0.829. The summed E-state index contributed by atoms with van der Waals surface area (Å²) in [6, 6.07) is 3.74. The first-order valence-electron chi connectivity index (χ1n) is 6.47. The number of nitrogens with one attached hydrogen (secondary N) is 1. The van der Waals surface area contributed by atoms with E-state index in [9.17, 15) is 4.79 Å². The van der Waals surface area contributed by atoms with Gasteiger partial charge in [0.25, 0.3) is 0 Å². The second-order valence-corrected chi connectivity index (χ2v) is 5.18. The summed E-state index contributed by atoms with van der Waals surface area (Å²) >= 11 is 0. The molecule has 1 saturated carbocycles. The van der Waals surface area contributed by atoms with Crippen molar-refractivity contribution in [1.82, 2.24) is 24.9 Å². The highest BCUT2D eigenvalue weighted by Crippen LogP contribution is 2.46. The van der Waals surface area contributed by atoms with Gasteiger partial charge in [0.15, 0.2) is 0 Å². The van der Waals surface area contributed by atoms with Crippen molar-refractivity contribution in [1.29, 1.82) is 0 Å². The Morgan fingerprint density at radius 2 is 1.84 bits per heavy atom. The summed E-state index contributed by atoms with van der Waals surface area (Å²) in [5, 5.41) is 11.2. The third-order valence-electron chi connectivity index (χ3n) is 3.54. The maximum absolute atomic E-state index is 11.8. The molecule has 0 aliphatic heterocycles. The van der Waals surface area contributed by atoms with E-state index >= 15 is 0 Å². The SMILES string of the molecule is O=C(Cn1cccn1)NCC1(Cn2cccn2)CC1. The first kappa shape index (κ1) is 12.0. The van der Waals surface area contributed by atoms with Gasteiger partial charge in [0.1, 0.15) is 6.54 Å². The molecule has 100 valence electrons. The van der Waals surface area contributed by atoms with Crippen LogP contribution in [0.1, 0.15) is 12.8 Å². The Morgan fingerprint density at radius 3 is 2.42 bits per heavy atom. The first-order valence-corrected chi connectivity index (χ1v) is 6.47. The van der Waals surface area contributed by atoms with Gasteiger partial charge in [-0.25, -0.2) is 0 Å². The largest absolute Gasteiger partial charge is 0.354 e. The molecule has 0 saturated heterocycles. The third-order valence-corrected chi connectivity index (χ3v) is 3.54. The molecular formula is C13H17N5O. The molecule has 19 heavy (non-hydrogen) atoms. The van der Waals surface area contributed by atoms with Crippen LogP contribution in [0.5, 0.6) is 0 Å². The van der Waals surface area contributed by atoms with Crippen molar-refractivity contribution in [2.75, 3.05) is 6.54 Å². The van der Waals surface area contributed by atoms with Crippen molar-refractivity contribution in [3.8, 4) is 0 Å². The number of nitrogens with zero attached hydrogens (tertiary/aromatic N) is 4. The lowest BCUT2D eigenvalue weighted by molar-refractivity contribution is -0.122. The van der Waals surface area contributed by atoms with Gasteiger partial charge in [0, 0.05) is 43.3 Å². The Balaban J connectivity index is 1.48. The standard InChI is InChI=1S/C13H17N5O/c19-12(9-17-7-1-5-15-17)14-10-13(3-4-13)11-18-8-2-6-16-18/h1-2,5-8H,3-4,9-11H2,(H,14,19). The van der Waals surface area contributed by atoms with Crippen LogP contribution in [0.15, 0.2) is 36.9 Å². The van der Waals surface area contributed by atoms with Gasteiger partial charge >= 0.3 is 0 Å². The molecule has 0 aromatic carbocycles. The minimum Gasteiger partial charge on any atom is -0.354 e. The Morgan fingerprint density at radius 1 is 1.16 bits per heavy atom. The number of aromatic nitrogens is 4. The zero-order valence-corrected chi connectivity index (χ0v) is 10.7. The van der Waals surface area contributed by atoms with Gasteiger partial charge in [-0.2, -0.15) is 10.2 Å². The van der Waals surface area contributed by atoms with E-state index in [2.05, 4.69) is 15.5 Å². The maximum atomic E-state index is 11.8. The lowest BCUT2D eigenvalue weighted by Gasteiger charge is -2.16. The average molecular weight is 259 g/mol. The van der Waals surface area contributed by atoms with Crippen molar-refractivity contribution in [2.24, 2.45) is 5.41 Å². The smallest absolute Gasteiger partial charge is 0.241 e. The summed E-state index contributed by atoms with van der Waals surface area (Å²) in [5.41, 5.74) is 0.200. The molecule has 1 fully saturated rings. The Bertz CT molecular complexity index is 527. The van der Waals surface area contributed by atoms with Gasteiger partial charge < -0.3 is 5.32 Å². The van der Waals surface area contributed by atoms with Gasteiger partial charge in [0.05, 0.1) is 0 Å². The number of hydrogen-bond acceptors (Lipinski definition) is 3. The van der Waals surface area contributed by atoms with Crippen molar-refractivity contribution in [2.45, 2.75) is 25.9 Å². The molecule has 6 nitrogen and oxygen atoms in total. The third kappa shape index (κ3) is 3.01. The molecule has 2 aromatic heterocycles. The van der Waals surface area contributed by atoms with Crippen LogP contribution in [0.3, 0.4) is 0 Å². The number of amides is 1.